The first-order valence-corrected chi connectivity index (χ1v) is 10.8. The monoisotopic (exact) mass is 537 g/mol. The van der Waals surface area contributed by atoms with Crippen LogP contribution in [0.3, 0.4) is 0 Å². The first kappa shape index (κ1) is 26.3. The van der Waals surface area contributed by atoms with Gasteiger partial charge in [0.1, 0.15) is 11.9 Å². The van der Waals surface area contributed by atoms with Gasteiger partial charge >= 0.3 is 0 Å². The van der Waals surface area contributed by atoms with Crippen LogP contribution in [0.25, 0.3) is 0 Å². The highest BCUT2D eigenvalue weighted by molar-refractivity contribution is 14.0. The molecule has 1 aliphatic rings. The van der Waals surface area contributed by atoms with Gasteiger partial charge < -0.3 is 20.3 Å². The number of benzene rings is 1. The summed E-state index contributed by atoms with van der Waals surface area (Å²) in [5.74, 6) is 1.66. The van der Waals surface area contributed by atoms with E-state index in [1.807, 2.05) is 31.2 Å². The molecule has 2 atom stereocenters. The zero-order valence-corrected chi connectivity index (χ0v) is 21.2. The molecule has 6 nitrogen and oxygen atoms in total. The number of halogens is 2. The first-order valence-electron chi connectivity index (χ1n) is 10.4. The number of nitrogens with one attached hydrogen (secondary N) is 2. The van der Waals surface area contributed by atoms with Crippen molar-refractivity contribution in [2.24, 2.45) is 4.99 Å². The fraction of sp³-hybridized carbons (Fsp3) is 0.667. The van der Waals surface area contributed by atoms with Gasteiger partial charge in [-0.1, -0.05) is 18.5 Å². The summed E-state index contributed by atoms with van der Waals surface area (Å²) in [6, 6.07) is 7.89. The second-order valence-electron chi connectivity index (χ2n) is 7.30. The van der Waals surface area contributed by atoms with E-state index in [4.69, 9.17) is 21.3 Å². The Morgan fingerprint density at radius 3 is 2.34 bits per heavy atom. The highest BCUT2D eigenvalue weighted by Crippen LogP contribution is 2.16. The lowest BCUT2D eigenvalue weighted by molar-refractivity contribution is 0.109. The smallest absolute Gasteiger partial charge is 0.191 e. The maximum Gasteiger partial charge on any atom is 0.191 e. The van der Waals surface area contributed by atoms with Gasteiger partial charge in [-0.05, 0) is 51.6 Å². The molecule has 1 fully saturated rings. The maximum absolute atomic E-state index is 5.92. The second-order valence-corrected chi connectivity index (χ2v) is 7.74. The Morgan fingerprint density at radius 1 is 1.10 bits per heavy atom. The summed E-state index contributed by atoms with van der Waals surface area (Å²) in [6.45, 7) is 16.6. The molecule has 1 saturated heterocycles. The van der Waals surface area contributed by atoms with Crippen molar-refractivity contribution in [2.45, 2.75) is 39.8 Å². The second kappa shape index (κ2) is 14.3. The molecule has 8 heteroatoms. The van der Waals surface area contributed by atoms with Crippen LogP contribution in [-0.2, 0) is 0 Å². The molecule has 2 N–H and O–H groups in total. The van der Waals surface area contributed by atoms with Crippen molar-refractivity contribution >= 4 is 41.5 Å². The number of hydrogen-bond donors (Lipinski definition) is 2. The molecular formula is C21H37ClIN5O. The average Bonchev–Trinajstić information content (AvgIpc) is 2.71. The third-order valence-corrected chi connectivity index (χ3v) is 5.30. The molecule has 1 aliphatic heterocycles. The van der Waals surface area contributed by atoms with Gasteiger partial charge in [-0.25, -0.2) is 0 Å². The molecule has 0 aliphatic carbocycles. The van der Waals surface area contributed by atoms with Crippen LogP contribution in [-0.4, -0.2) is 80.3 Å². The quantitative estimate of drug-likeness (QED) is 0.288. The molecule has 1 aromatic carbocycles. The van der Waals surface area contributed by atoms with Crippen LogP contribution in [0.2, 0.25) is 5.02 Å². The van der Waals surface area contributed by atoms with E-state index in [9.17, 15) is 0 Å². The molecule has 0 saturated carbocycles. The fourth-order valence-electron chi connectivity index (χ4n) is 3.23. The lowest BCUT2D eigenvalue weighted by atomic mass is 10.2. The lowest BCUT2D eigenvalue weighted by Gasteiger charge is -2.37. The summed E-state index contributed by atoms with van der Waals surface area (Å²) in [5, 5.41) is 7.42. The van der Waals surface area contributed by atoms with Gasteiger partial charge in [0.15, 0.2) is 5.96 Å². The zero-order valence-electron chi connectivity index (χ0n) is 18.2. The lowest BCUT2D eigenvalue weighted by Crippen LogP contribution is -2.50. The summed E-state index contributed by atoms with van der Waals surface area (Å²) in [6.07, 6.45) is 0.0181. The van der Waals surface area contributed by atoms with Crippen molar-refractivity contribution in [3.8, 4) is 5.75 Å². The number of rotatable bonds is 9. The molecule has 166 valence electrons. The van der Waals surface area contributed by atoms with E-state index < -0.39 is 0 Å². The SMILES string of the molecule is CCNC(=NCC(C)N1CCN(CC)CC1)NCC(C)Oc1ccc(Cl)cc1.I. The highest BCUT2D eigenvalue weighted by Gasteiger charge is 2.20. The summed E-state index contributed by atoms with van der Waals surface area (Å²) >= 11 is 5.92. The van der Waals surface area contributed by atoms with E-state index in [2.05, 4.69) is 41.2 Å². The van der Waals surface area contributed by atoms with Crippen molar-refractivity contribution in [3.05, 3.63) is 29.3 Å². The largest absolute Gasteiger partial charge is 0.489 e. The minimum atomic E-state index is 0. The molecule has 2 rings (SSSR count). The number of guanidine groups is 1. The average molecular weight is 538 g/mol. The van der Waals surface area contributed by atoms with E-state index in [0.717, 1.165) is 57.5 Å². The molecule has 1 aromatic rings. The van der Waals surface area contributed by atoms with E-state index in [-0.39, 0.29) is 30.1 Å². The fourth-order valence-corrected chi connectivity index (χ4v) is 3.35. The van der Waals surface area contributed by atoms with Crippen LogP contribution in [0, 0.1) is 0 Å². The molecule has 29 heavy (non-hydrogen) atoms. The van der Waals surface area contributed by atoms with Crippen LogP contribution >= 0.6 is 35.6 Å². The van der Waals surface area contributed by atoms with Crippen LogP contribution in [0.15, 0.2) is 29.3 Å². The summed E-state index contributed by atoms with van der Waals surface area (Å²) in [7, 11) is 0. The van der Waals surface area contributed by atoms with Crippen LogP contribution < -0.4 is 15.4 Å². The number of hydrogen-bond acceptors (Lipinski definition) is 4. The minimum absolute atomic E-state index is 0. The predicted molar refractivity (Wildman–Crippen MR) is 134 cm³/mol. The van der Waals surface area contributed by atoms with Gasteiger partial charge in [0.05, 0.1) is 13.1 Å². The summed E-state index contributed by atoms with van der Waals surface area (Å²) in [4.78, 5) is 9.82. The van der Waals surface area contributed by atoms with Crippen molar-refractivity contribution in [1.82, 2.24) is 20.4 Å². The van der Waals surface area contributed by atoms with E-state index in [1.165, 1.54) is 0 Å². The third-order valence-electron chi connectivity index (χ3n) is 5.04. The Bertz CT molecular complexity index is 593. The standard InChI is InChI=1S/C21H36ClN5O.HI/c1-5-23-21(24-15-17(3)27-13-11-26(6-2)12-14-27)25-16-18(4)28-20-9-7-19(22)8-10-20;/h7-10,17-18H,5-6,11-16H2,1-4H3,(H2,23,24,25);1H. The predicted octanol–water partition coefficient (Wildman–Crippen LogP) is 3.31. The van der Waals surface area contributed by atoms with Gasteiger partial charge in [0, 0.05) is 43.8 Å². The topological polar surface area (TPSA) is 52.1 Å². The Kier molecular flexibility index (Phi) is 12.9. The Balaban J connectivity index is 0.00000420. The van der Waals surface area contributed by atoms with Crippen molar-refractivity contribution in [3.63, 3.8) is 0 Å². The van der Waals surface area contributed by atoms with E-state index in [1.54, 1.807) is 0 Å². The molecule has 0 amide bonds. The van der Waals surface area contributed by atoms with Crippen molar-refractivity contribution < 1.29 is 4.74 Å². The van der Waals surface area contributed by atoms with Gasteiger partial charge in [-0.15, -0.1) is 24.0 Å². The van der Waals surface area contributed by atoms with Gasteiger partial charge in [-0.2, -0.15) is 0 Å². The molecule has 0 spiro atoms. The first-order chi connectivity index (χ1) is 13.5. The summed E-state index contributed by atoms with van der Waals surface area (Å²) in [5.41, 5.74) is 0. The van der Waals surface area contributed by atoms with E-state index >= 15 is 0 Å². The Morgan fingerprint density at radius 2 is 1.76 bits per heavy atom. The molecule has 0 aromatic heterocycles. The maximum atomic E-state index is 5.92. The number of aliphatic imine (C=N–C) groups is 1. The van der Waals surface area contributed by atoms with Crippen molar-refractivity contribution in [1.29, 1.82) is 0 Å². The Labute approximate surface area is 198 Å². The molecule has 2 unspecified atom stereocenters. The van der Waals surface area contributed by atoms with Gasteiger partial charge in [0.2, 0.25) is 0 Å². The van der Waals surface area contributed by atoms with Gasteiger partial charge in [-0.3, -0.25) is 9.89 Å². The normalized spacial score (nSPS) is 17.9. The number of likely N-dealkylation sites (N-methyl/N-ethyl adjacent to an activating group) is 1. The zero-order chi connectivity index (χ0) is 20.4. The molecule has 0 radical (unpaired) electrons. The van der Waals surface area contributed by atoms with E-state index in [0.29, 0.717) is 17.6 Å². The number of nitrogens with zero attached hydrogens (tertiary/aromatic N) is 3. The minimum Gasteiger partial charge on any atom is -0.489 e. The Hall–Kier alpha value is -0.770. The van der Waals surface area contributed by atoms with Crippen LogP contribution in [0.1, 0.15) is 27.7 Å². The number of ether oxygens (including phenoxy) is 1. The molecular weight excluding hydrogens is 501 g/mol. The highest BCUT2D eigenvalue weighted by atomic mass is 127. The van der Waals surface area contributed by atoms with Crippen LogP contribution in [0.5, 0.6) is 5.75 Å². The van der Waals surface area contributed by atoms with Gasteiger partial charge in [0.25, 0.3) is 0 Å². The number of piperazine rings is 1. The third kappa shape index (κ3) is 9.72. The van der Waals surface area contributed by atoms with Crippen LogP contribution in [0.4, 0.5) is 0 Å². The summed E-state index contributed by atoms with van der Waals surface area (Å²) < 4.78 is 5.92. The molecule has 0 bridgehead atoms. The van der Waals surface area contributed by atoms with Crippen molar-refractivity contribution in [2.75, 3.05) is 52.4 Å². The molecule has 1 heterocycles.